The third-order valence-electron chi connectivity index (χ3n) is 7.18. The molecule has 2 amide bonds. The summed E-state index contributed by atoms with van der Waals surface area (Å²) < 4.78 is 45.8. The molecule has 1 heterocycles. The van der Waals surface area contributed by atoms with Crippen LogP contribution in [0.5, 0.6) is 17.2 Å². The first kappa shape index (κ1) is 30.6. The smallest absolute Gasteiger partial charge is 0.263 e. The zero-order valence-electron chi connectivity index (χ0n) is 24.4. The van der Waals surface area contributed by atoms with Gasteiger partial charge in [-0.05, 0) is 35.4 Å². The molecule has 10 nitrogen and oxygen atoms in total. The number of anilines is 1. The molecule has 228 valence electrons. The molecule has 1 N–H and O–H groups in total. The highest BCUT2D eigenvalue weighted by atomic mass is 32.2. The standard InChI is InChI=1S/C33H33N3O7S/c1-41-29-18-17-26(19-30(29)42-2)44(39,40)35(21-25-13-7-4-8-14-25)23-32(37)36-22-31(43-28-16-10-9-15-27(28)36)33(38)34-20-24-11-5-3-6-12-24/h3-19,31H,20-23H2,1-2H3,(H,34,38). The quantitative estimate of drug-likeness (QED) is 0.271. The molecule has 0 saturated carbocycles. The Kier molecular flexibility index (Phi) is 9.47. The van der Waals surface area contributed by atoms with Gasteiger partial charge < -0.3 is 24.4 Å². The van der Waals surface area contributed by atoms with E-state index in [9.17, 15) is 18.0 Å². The monoisotopic (exact) mass is 615 g/mol. The Labute approximate surface area is 256 Å². The second kappa shape index (κ2) is 13.6. The van der Waals surface area contributed by atoms with Crippen molar-refractivity contribution in [1.29, 1.82) is 0 Å². The second-order valence-corrected chi connectivity index (χ2v) is 12.0. The highest BCUT2D eigenvalue weighted by molar-refractivity contribution is 7.89. The van der Waals surface area contributed by atoms with E-state index in [0.717, 1.165) is 9.87 Å². The van der Waals surface area contributed by atoms with Crippen molar-refractivity contribution in [3.05, 3.63) is 114 Å². The van der Waals surface area contributed by atoms with Crippen molar-refractivity contribution in [2.75, 3.05) is 32.2 Å². The predicted octanol–water partition coefficient (Wildman–Crippen LogP) is 4.01. The fourth-order valence-electron chi connectivity index (χ4n) is 4.88. The van der Waals surface area contributed by atoms with Gasteiger partial charge in [0.05, 0.1) is 37.9 Å². The van der Waals surface area contributed by atoms with Gasteiger partial charge in [0.2, 0.25) is 15.9 Å². The number of sulfonamides is 1. The third kappa shape index (κ3) is 6.85. The van der Waals surface area contributed by atoms with E-state index in [0.29, 0.717) is 29.3 Å². The van der Waals surface area contributed by atoms with Crippen molar-refractivity contribution < 1.29 is 32.2 Å². The van der Waals surface area contributed by atoms with Gasteiger partial charge in [-0.2, -0.15) is 4.31 Å². The van der Waals surface area contributed by atoms with Crippen LogP contribution in [0.25, 0.3) is 0 Å². The maximum Gasteiger partial charge on any atom is 0.263 e. The van der Waals surface area contributed by atoms with Crippen molar-refractivity contribution in [2.45, 2.75) is 24.1 Å². The summed E-state index contributed by atoms with van der Waals surface area (Å²) in [5, 5.41) is 2.87. The number of hydrogen-bond donors (Lipinski definition) is 1. The summed E-state index contributed by atoms with van der Waals surface area (Å²) in [6.45, 7) is -0.343. The lowest BCUT2D eigenvalue weighted by molar-refractivity contribution is -0.128. The number of benzene rings is 4. The van der Waals surface area contributed by atoms with E-state index in [1.807, 2.05) is 36.4 Å². The lowest BCUT2D eigenvalue weighted by Gasteiger charge is -2.35. The van der Waals surface area contributed by atoms with Crippen molar-refractivity contribution in [1.82, 2.24) is 9.62 Å². The molecule has 0 radical (unpaired) electrons. The van der Waals surface area contributed by atoms with Gasteiger partial charge in [-0.25, -0.2) is 8.42 Å². The Hall–Kier alpha value is -4.87. The maximum absolute atomic E-state index is 14.0. The molecule has 1 atom stereocenters. The minimum Gasteiger partial charge on any atom is -0.493 e. The molecule has 4 aromatic carbocycles. The molecule has 0 aliphatic carbocycles. The number of hydrogen-bond acceptors (Lipinski definition) is 7. The predicted molar refractivity (Wildman–Crippen MR) is 165 cm³/mol. The summed E-state index contributed by atoms with van der Waals surface area (Å²) in [5.41, 5.74) is 2.07. The first-order valence-corrected chi connectivity index (χ1v) is 15.4. The number of carbonyl (C=O) groups is 2. The van der Waals surface area contributed by atoms with Gasteiger partial charge in [0.15, 0.2) is 17.6 Å². The molecule has 1 aliphatic heterocycles. The molecule has 0 fully saturated rings. The number of nitrogens with zero attached hydrogens (tertiary/aromatic N) is 2. The van der Waals surface area contributed by atoms with Gasteiger partial charge in [0.1, 0.15) is 5.75 Å². The van der Waals surface area contributed by atoms with Crippen molar-refractivity contribution in [3.8, 4) is 17.2 Å². The molecule has 0 spiro atoms. The van der Waals surface area contributed by atoms with E-state index in [1.54, 1.807) is 48.5 Å². The highest BCUT2D eigenvalue weighted by Gasteiger charge is 2.36. The molecular weight excluding hydrogens is 582 g/mol. The van der Waals surface area contributed by atoms with E-state index in [2.05, 4.69) is 5.32 Å². The van der Waals surface area contributed by atoms with Gasteiger partial charge in [-0.1, -0.05) is 72.8 Å². The van der Waals surface area contributed by atoms with Gasteiger partial charge >= 0.3 is 0 Å². The zero-order chi connectivity index (χ0) is 31.1. The Morgan fingerprint density at radius 1 is 0.864 bits per heavy atom. The van der Waals surface area contributed by atoms with Gasteiger partial charge in [-0.15, -0.1) is 0 Å². The summed E-state index contributed by atoms with van der Waals surface area (Å²) in [4.78, 5) is 28.5. The molecule has 44 heavy (non-hydrogen) atoms. The average molecular weight is 616 g/mol. The SMILES string of the molecule is COc1ccc(S(=O)(=O)N(CC(=O)N2CC(C(=O)NCc3ccccc3)Oc3ccccc32)Cc2ccccc2)cc1OC. The van der Waals surface area contributed by atoms with Crippen LogP contribution in [0.3, 0.4) is 0 Å². The Morgan fingerprint density at radius 2 is 1.50 bits per heavy atom. The highest BCUT2D eigenvalue weighted by Crippen LogP contribution is 2.34. The van der Waals surface area contributed by atoms with Crippen molar-refractivity contribution in [2.24, 2.45) is 0 Å². The number of para-hydroxylation sites is 2. The van der Waals surface area contributed by atoms with Crippen LogP contribution in [0.4, 0.5) is 5.69 Å². The zero-order valence-corrected chi connectivity index (χ0v) is 25.2. The average Bonchev–Trinajstić information content (AvgIpc) is 3.06. The first-order valence-electron chi connectivity index (χ1n) is 13.9. The molecule has 0 bridgehead atoms. The van der Waals surface area contributed by atoms with Crippen LogP contribution in [0.1, 0.15) is 11.1 Å². The summed E-state index contributed by atoms with van der Waals surface area (Å²) in [7, 11) is -1.32. The Balaban J connectivity index is 1.42. The molecule has 0 saturated heterocycles. The molecule has 0 aromatic heterocycles. The number of methoxy groups -OCH3 is 2. The summed E-state index contributed by atoms with van der Waals surface area (Å²) >= 11 is 0. The van der Waals surface area contributed by atoms with Crippen LogP contribution < -0.4 is 24.4 Å². The van der Waals surface area contributed by atoms with E-state index in [1.165, 1.54) is 37.3 Å². The lowest BCUT2D eigenvalue weighted by Crippen LogP contribution is -2.52. The van der Waals surface area contributed by atoms with Crippen molar-refractivity contribution in [3.63, 3.8) is 0 Å². The Bertz CT molecular complexity index is 1720. The van der Waals surface area contributed by atoms with E-state index < -0.39 is 28.6 Å². The second-order valence-electron chi connectivity index (χ2n) is 10.1. The number of amides is 2. The van der Waals surface area contributed by atoms with Crippen LogP contribution in [-0.4, -0.2) is 58.0 Å². The van der Waals surface area contributed by atoms with Crippen LogP contribution in [-0.2, 0) is 32.7 Å². The largest absolute Gasteiger partial charge is 0.493 e. The molecule has 5 rings (SSSR count). The third-order valence-corrected chi connectivity index (χ3v) is 8.97. The number of nitrogens with one attached hydrogen (secondary N) is 1. The lowest BCUT2D eigenvalue weighted by atomic mass is 10.1. The van der Waals surface area contributed by atoms with Gasteiger partial charge in [0, 0.05) is 19.2 Å². The summed E-state index contributed by atoms with van der Waals surface area (Å²) in [5.74, 6) is 0.0656. The number of ether oxygens (including phenoxy) is 3. The molecule has 4 aromatic rings. The normalized spacial score (nSPS) is 14.3. The molecule has 11 heteroatoms. The van der Waals surface area contributed by atoms with Crippen LogP contribution in [0.2, 0.25) is 0 Å². The topological polar surface area (TPSA) is 114 Å². The van der Waals surface area contributed by atoms with Crippen LogP contribution in [0, 0.1) is 0 Å². The number of rotatable bonds is 11. The fourth-order valence-corrected chi connectivity index (χ4v) is 6.27. The number of carbonyl (C=O) groups excluding carboxylic acids is 2. The summed E-state index contributed by atoms with van der Waals surface area (Å²) in [6.07, 6.45) is -0.998. The van der Waals surface area contributed by atoms with E-state index in [-0.39, 0.29) is 29.6 Å². The van der Waals surface area contributed by atoms with Gasteiger partial charge in [-0.3, -0.25) is 9.59 Å². The van der Waals surface area contributed by atoms with E-state index >= 15 is 0 Å². The first-order chi connectivity index (χ1) is 21.3. The molecule has 1 aliphatic rings. The minimum absolute atomic E-state index is 0.0561. The van der Waals surface area contributed by atoms with E-state index in [4.69, 9.17) is 14.2 Å². The van der Waals surface area contributed by atoms with Crippen LogP contribution in [0.15, 0.2) is 108 Å². The summed E-state index contributed by atoms with van der Waals surface area (Å²) in [6, 6.07) is 29.6. The molecular formula is C33H33N3O7S. The minimum atomic E-state index is -4.20. The Morgan fingerprint density at radius 3 is 2.18 bits per heavy atom. The maximum atomic E-state index is 14.0. The number of fused-ring (bicyclic) bond motifs is 1. The molecule has 1 unspecified atom stereocenters. The van der Waals surface area contributed by atoms with Crippen molar-refractivity contribution >= 4 is 27.5 Å². The fraction of sp³-hybridized carbons (Fsp3) is 0.212. The van der Waals surface area contributed by atoms with Gasteiger partial charge in [0.25, 0.3) is 5.91 Å². The van der Waals surface area contributed by atoms with Crippen LogP contribution >= 0.6 is 0 Å².